The van der Waals surface area contributed by atoms with Gasteiger partial charge in [0.05, 0.1) is 11.7 Å². The van der Waals surface area contributed by atoms with Crippen molar-refractivity contribution in [1.29, 1.82) is 0 Å². The molecule has 0 fully saturated rings. The SMILES string of the molecule is Cc1ccc(-c2ccc(C(=O)OC(C)C)cc2)cc1. The zero-order valence-electron chi connectivity index (χ0n) is 11.5. The number of hydrogen-bond acceptors (Lipinski definition) is 2. The van der Waals surface area contributed by atoms with Gasteiger partial charge < -0.3 is 4.74 Å². The maximum Gasteiger partial charge on any atom is 0.338 e. The Bertz CT molecular complexity index is 551. The minimum absolute atomic E-state index is 0.0933. The summed E-state index contributed by atoms with van der Waals surface area (Å²) in [6, 6.07) is 15.8. The van der Waals surface area contributed by atoms with E-state index in [-0.39, 0.29) is 12.1 Å². The Kier molecular flexibility index (Phi) is 4.00. The van der Waals surface area contributed by atoms with Crippen LogP contribution in [-0.4, -0.2) is 12.1 Å². The van der Waals surface area contributed by atoms with Crippen LogP contribution in [0.15, 0.2) is 48.5 Å². The number of ether oxygens (including phenoxy) is 1. The second-order valence-corrected chi connectivity index (χ2v) is 4.90. The van der Waals surface area contributed by atoms with E-state index >= 15 is 0 Å². The van der Waals surface area contributed by atoms with Crippen LogP contribution in [0, 0.1) is 6.92 Å². The van der Waals surface area contributed by atoms with Crippen molar-refractivity contribution in [3.05, 3.63) is 59.7 Å². The standard InChI is InChI=1S/C17H18O2/c1-12(2)19-17(18)16-10-8-15(9-11-16)14-6-4-13(3)5-7-14/h4-12H,1-3H3. The summed E-state index contributed by atoms with van der Waals surface area (Å²) < 4.78 is 5.16. The lowest BCUT2D eigenvalue weighted by molar-refractivity contribution is 0.0378. The summed E-state index contributed by atoms with van der Waals surface area (Å²) in [5.74, 6) is -0.273. The van der Waals surface area contributed by atoms with Gasteiger partial charge in [0.25, 0.3) is 0 Å². The molecule has 98 valence electrons. The average molecular weight is 254 g/mol. The van der Waals surface area contributed by atoms with Crippen LogP contribution in [0.4, 0.5) is 0 Å². The number of carbonyl (C=O) groups is 1. The first-order valence-electron chi connectivity index (χ1n) is 6.44. The number of hydrogen-bond donors (Lipinski definition) is 0. The average Bonchev–Trinajstić information content (AvgIpc) is 2.39. The third-order valence-corrected chi connectivity index (χ3v) is 2.85. The van der Waals surface area contributed by atoms with Crippen LogP contribution >= 0.6 is 0 Å². The molecule has 0 saturated carbocycles. The van der Waals surface area contributed by atoms with E-state index in [1.807, 2.05) is 26.0 Å². The minimum atomic E-state index is -0.273. The normalized spacial score (nSPS) is 10.5. The third kappa shape index (κ3) is 3.44. The quantitative estimate of drug-likeness (QED) is 0.766. The molecule has 0 radical (unpaired) electrons. The van der Waals surface area contributed by atoms with Gasteiger partial charge >= 0.3 is 5.97 Å². The minimum Gasteiger partial charge on any atom is -0.459 e. The highest BCUT2D eigenvalue weighted by molar-refractivity contribution is 5.90. The first kappa shape index (κ1) is 13.3. The summed E-state index contributed by atoms with van der Waals surface area (Å²) in [5, 5.41) is 0. The maximum absolute atomic E-state index is 11.7. The molecule has 2 rings (SSSR count). The number of benzene rings is 2. The van der Waals surface area contributed by atoms with Crippen molar-refractivity contribution < 1.29 is 9.53 Å². The fourth-order valence-electron chi connectivity index (χ4n) is 1.83. The summed E-state index contributed by atoms with van der Waals surface area (Å²) in [6.45, 7) is 5.76. The van der Waals surface area contributed by atoms with Crippen molar-refractivity contribution in [3.63, 3.8) is 0 Å². The monoisotopic (exact) mass is 254 g/mol. The molecule has 0 aliphatic heterocycles. The summed E-state index contributed by atoms with van der Waals surface area (Å²) >= 11 is 0. The number of rotatable bonds is 3. The predicted molar refractivity (Wildman–Crippen MR) is 77.2 cm³/mol. The van der Waals surface area contributed by atoms with Crippen LogP contribution in [-0.2, 0) is 4.74 Å². The first-order valence-corrected chi connectivity index (χ1v) is 6.44. The fraction of sp³-hybridized carbons (Fsp3) is 0.235. The molecule has 0 aromatic heterocycles. The van der Waals surface area contributed by atoms with Crippen molar-refractivity contribution in [2.75, 3.05) is 0 Å². The Morgan fingerprint density at radius 3 is 1.84 bits per heavy atom. The van der Waals surface area contributed by atoms with Crippen molar-refractivity contribution in [2.24, 2.45) is 0 Å². The van der Waals surface area contributed by atoms with Crippen LogP contribution in [0.5, 0.6) is 0 Å². The molecule has 0 spiro atoms. The van der Waals surface area contributed by atoms with Gasteiger partial charge in [-0.25, -0.2) is 4.79 Å². The molecule has 2 aromatic carbocycles. The molecular formula is C17H18O2. The Hall–Kier alpha value is -2.09. The molecular weight excluding hydrogens is 236 g/mol. The fourth-order valence-corrected chi connectivity index (χ4v) is 1.83. The van der Waals surface area contributed by atoms with Gasteiger partial charge in [0.1, 0.15) is 0 Å². The van der Waals surface area contributed by atoms with Crippen molar-refractivity contribution >= 4 is 5.97 Å². The van der Waals surface area contributed by atoms with Gasteiger partial charge in [0.15, 0.2) is 0 Å². The number of aryl methyl sites for hydroxylation is 1. The van der Waals surface area contributed by atoms with Crippen LogP contribution < -0.4 is 0 Å². The summed E-state index contributed by atoms with van der Waals surface area (Å²) in [4.78, 5) is 11.7. The molecule has 0 bridgehead atoms. The predicted octanol–water partition coefficient (Wildman–Crippen LogP) is 4.23. The third-order valence-electron chi connectivity index (χ3n) is 2.85. The molecule has 2 aromatic rings. The molecule has 0 aliphatic carbocycles. The van der Waals surface area contributed by atoms with Gasteiger partial charge in [-0.15, -0.1) is 0 Å². The van der Waals surface area contributed by atoms with E-state index < -0.39 is 0 Å². The molecule has 2 nitrogen and oxygen atoms in total. The molecule has 2 heteroatoms. The Balaban J connectivity index is 2.18. The van der Waals surface area contributed by atoms with E-state index in [1.165, 1.54) is 5.56 Å². The Morgan fingerprint density at radius 1 is 0.895 bits per heavy atom. The lowest BCUT2D eigenvalue weighted by Gasteiger charge is -2.08. The molecule has 0 saturated heterocycles. The lowest BCUT2D eigenvalue weighted by atomic mass is 10.0. The van der Waals surface area contributed by atoms with Gasteiger partial charge in [-0.2, -0.15) is 0 Å². The second-order valence-electron chi connectivity index (χ2n) is 4.90. The molecule has 0 unspecified atom stereocenters. The smallest absolute Gasteiger partial charge is 0.338 e. The van der Waals surface area contributed by atoms with Gasteiger partial charge in [0, 0.05) is 0 Å². The van der Waals surface area contributed by atoms with Gasteiger partial charge in [-0.05, 0) is 44.0 Å². The highest BCUT2D eigenvalue weighted by atomic mass is 16.5. The summed E-state index contributed by atoms with van der Waals surface area (Å²) in [6.07, 6.45) is -0.0933. The van der Waals surface area contributed by atoms with Crippen LogP contribution in [0.3, 0.4) is 0 Å². The lowest BCUT2D eigenvalue weighted by Crippen LogP contribution is -2.11. The van der Waals surface area contributed by atoms with Gasteiger partial charge in [-0.1, -0.05) is 42.0 Å². The zero-order valence-corrected chi connectivity index (χ0v) is 11.5. The highest BCUT2D eigenvalue weighted by Gasteiger charge is 2.08. The molecule has 0 N–H and O–H groups in total. The molecule has 0 aliphatic rings. The first-order chi connectivity index (χ1) is 9.06. The number of carbonyl (C=O) groups excluding carboxylic acids is 1. The van der Waals surface area contributed by atoms with Gasteiger partial charge in [0.2, 0.25) is 0 Å². The topological polar surface area (TPSA) is 26.3 Å². The van der Waals surface area contributed by atoms with Gasteiger partial charge in [-0.3, -0.25) is 0 Å². The molecule has 19 heavy (non-hydrogen) atoms. The van der Waals surface area contributed by atoms with Crippen molar-refractivity contribution in [2.45, 2.75) is 26.9 Å². The number of esters is 1. The Labute approximate surface area is 114 Å². The summed E-state index contributed by atoms with van der Waals surface area (Å²) in [7, 11) is 0. The van der Waals surface area contributed by atoms with Crippen LogP contribution in [0.2, 0.25) is 0 Å². The van der Waals surface area contributed by atoms with Crippen molar-refractivity contribution in [1.82, 2.24) is 0 Å². The molecule has 0 heterocycles. The summed E-state index contributed by atoms with van der Waals surface area (Å²) in [5.41, 5.74) is 4.07. The zero-order chi connectivity index (χ0) is 13.8. The van der Waals surface area contributed by atoms with Crippen LogP contribution in [0.25, 0.3) is 11.1 Å². The highest BCUT2D eigenvalue weighted by Crippen LogP contribution is 2.20. The van der Waals surface area contributed by atoms with Crippen molar-refractivity contribution in [3.8, 4) is 11.1 Å². The molecule has 0 amide bonds. The molecule has 0 atom stereocenters. The van der Waals surface area contributed by atoms with E-state index in [0.717, 1.165) is 11.1 Å². The van der Waals surface area contributed by atoms with E-state index in [9.17, 15) is 4.79 Å². The van der Waals surface area contributed by atoms with Crippen LogP contribution in [0.1, 0.15) is 29.8 Å². The Morgan fingerprint density at radius 2 is 1.37 bits per heavy atom. The largest absolute Gasteiger partial charge is 0.459 e. The maximum atomic E-state index is 11.7. The second kappa shape index (κ2) is 5.70. The van der Waals surface area contributed by atoms with E-state index in [0.29, 0.717) is 5.56 Å². The van der Waals surface area contributed by atoms with E-state index in [2.05, 4.69) is 31.2 Å². The van der Waals surface area contributed by atoms with E-state index in [4.69, 9.17) is 4.74 Å². The van der Waals surface area contributed by atoms with E-state index in [1.54, 1.807) is 12.1 Å².